The lowest BCUT2D eigenvalue weighted by molar-refractivity contribution is 0.0876. The van der Waals surface area contributed by atoms with E-state index in [2.05, 4.69) is 34.6 Å². The van der Waals surface area contributed by atoms with Crippen LogP contribution in [0.3, 0.4) is 0 Å². The lowest BCUT2D eigenvalue weighted by Crippen LogP contribution is -2.30. The molecule has 1 atom stereocenters. The van der Waals surface area contributed by atoms with Crippen LogP contribution in [-0.2, 0) is 4.74 Å². The zero-order valence-corrected chi connectivity index (χ0v) is 10.6. The highest BCUT2D eigenvalue weighted by molar-refractivity contribution is 5.91. The van der Waals surface area contributed by atoms with Gasteiger partial charge in [0.1, 0.15) is 0 Å². The molecule has 3 nitrogen and oxygen atoms in total. The summed E-state index contributed by atoms with van der Waals surface area (Å²) < 4.78 is 5.52. The fourth-order valence-electron chi connectivity index (χ4n) is 2.50. The van der Waals surface area contributed by atoms with Crippen LogP contribution in [0.2, 0.25) is 0 Å². The predicted octanol–water partition coefficient (Wildman–Crippen LogP) is 3.13. The third-order valence-corrected chi connectivity index (χ3v) is 3.36. The average Bonchev–Trinajstić information content (AvgIpc) is 2.40. The van der Waals surface area contributed by atoms with Gasteiger partial charge in [-0.3, -0.25) is 4.98 Å². The van der Waals surface area contributed by atoms with E-state index in [9.17, 15) is 0 Å². The Labute approximate surface area is 107 Å². The smallest absolute Gasteiger partial charge is 0.0725 e. The molecule has 1 unspecified atom stereocenters. The summed E-state index contributed by atoms with van der Waals surface area (Å²) in [7, 11) is 0. The first-order valence-corrected chi connectivity index (χ1v) is 6.53. The van der Waals surface area contributed by atoms with Crippen molar-refractivity contribution in [2.45, 2.75) is 25.8 Å². The number of aromatic nitrogens is 1. The van der Waals surface area contributed by atoms with Crippen LogP contribution in [-0.4, -0.2) is 24.2 Å². The number of pyridine rings is 1. The highest BCUT2D eigenvalue weighted by atomic mass is 16.5. The molecule has 1 N–H and O–H groups in total. The maximum atomic E-state index is 5.52. The molecule has 0 saturated carbocycles. The number of anilines is 1. The largest absolute Gasteiger partial charge is 0.379 e. The van der Waals surface area contributed by atoms with Gasteiger partial charge in [-0.2, -0.15) is 0 Å². The monoisotopic (exact) mass is 242 g/mol. The van der Waals surface area contributed by atoms with E-state index in [1.165, 1.54) is 17.5 Å². The number of benzene rings is 1. The second kappa shape index (κ2) is 4.94. The lowest BCUT2D eigenvalue weighted by Gasteiger charge is -2.25. The second-order valence-corrected chi connectivity index (χ2v) is 4.89. The van der Waals surface area contributed by atoms with Gasteiger partial charge >= 0.3 is 0 Å². The quantitative estimate of drug-likeness (QED) is 0.878. The highest BCUT2D eigenvalue weighted by Crippen LogP contribution is 2.24. The topological polar surface area (TPSA) is 34.1 Å². The van der Waals surface area contributed by atoms with Crippen LogP contribution in [0.4, 0.5) is 5.69 Å². The Morgan fingerprint density at radius 2 is 2.22 bits per heavy atom. The number of hydrogen-bond acceptors (Lipinski definition) is 3. The van der Waals surface area contributed by atoms with Crippen LogP contribution >= 0.6 is 0 Å². The van der Waals surface area contributed by atoms with Crippen LogP contribution in [0.15, 0.2) is 30.3 Å². The van der Waals surface area contributed by atoms with Crippen molar-refractivity contribution < 1.29 is 4.74 Å². The molecule has 1 aliphatic heterocycles. The SMILES string of the molecule is Cc1cc(NC2CCCOC2)c2ccccc2n1. The molecule has 1 saturated heterocycles. The van der Waals surface area contributed by atoms with Crippen LogP contribution in [0.25, 0.3) is 10.9 Å². The summed E-state index contributed by atoms with van der Waals surface area (Å²) in [5.74, 6) is 0. The summed E-state index contributed by atoms with van der Waals surface area (Å²) >= 11 is 0. The van der Waals surface area contributed by atoms with Crippen molar-refractivity contribution in [1.82, 2.24) is 4.98 Å². The van der Waals surface area contributed by atoms with Gasteiger partial charge in [0.05, 0.1) is 12.1 Å². The van der Waals surface area contributed by atoms with Gasteiger partial charge < -0.3 is 10.1 Å². The Bertz CT molecular complexity index is 547. The van der Waals surface area contributed by atoms with Gasteiger partial charge in [-0.1, -0.05) is 18.2 Å². The zero-order valence-electron chi connectivity index (χ0n) is 10.6. The van der Waals surface area contributed by atoms with Gasteiger partial charge in [-0.05, 0) is 31.9 Å². The predicted molar refractivity (Wildman–Crippen MR) is 73.9 cm³/mol. The fourth-order valence-corrected chi connectivity index (χ4v) is 2.50. The number of hydrogen-bond donors (Lipinski definition) is 1. The molecule has 2 heterocycles. The molecular weight excluding hydrogens is 224 g/mol. The minimum atomic E-state index is 0.420. The van der Waals surface area contributed by atoms with E-state index in [1.807, 2.05) is 13.0 Å². The third kappa shape index (κ3) is 2.31. The molecule has 0 amide bonds. The molecule has 1 fully saturated rings. The molecular formula is C15H18N2O. The first-order chi connectivity index (χ1) is 8.83. The third-order valence-electron chi connectivity index (χ3n) is 3.36. The van der Waals surface area contributed by atoms with Crippen molar-refractivity contribution in [1.29, 1.82) is 0 Å². The molecule has 3 heteroatoms. The van der Waals surface area contributed by atoms with E-state index in [0.29, 0.717) is 6.04 Å². The zero-order chi connectivity index (χ0) is 12.4. The summed E-state index contributed by atoms with van der Waals surface area (Å²) in [5.41, 5.74) is 3.28. The molecule has 3 rings (SSSR count). The number of ether oxygens (including phenoxy) is 1. The molecule has 1 aromatic heterocycles. The van der Waals surface area contributed by atoms with Gasteiger partial charge in [0.2, 0.25) is 0 Å². The van der Waals surface area contributed by atoms with Gasteiger partial charge in [0, 0.05) is 29.4 Å². The van der Waals surface area contributed by atoms with Crippen molar-refractivity contribution in [3.8, 4) is 0 Å². The van der Waals surface area contributed by atoms with Crippen LogP contribution in [0, 0.1) is 6.92 Å². The van der Waals surface area contributed by atoms with E-state index >= 15 is 0 Å². The van der Waals surface area contributed by atoms with E-state index < -0.39 is 0 Å². The number of fused-ring (bicyclic) bond motifs is 1. The van der Waals surface area contributed by atoms with Gasteiger partial charge in [-0.15, -0.1) is 0 Å². The normalized spacial score (nSPS) is 19.9. The summed E-state index contributed by atoms with van der Waals surface area (Å²) in [6.45, 7) is 3.74. The summed E-state index contributed by atoms with van der Waals surface area (Å²) in [5, 5.41) is 4.79. The number of aryl methyl sites for hydroxylation is 1. The molecule has 1 aromatic carbocycles. The lowest BCUT2D eigenvalue weighted by atomic mass is 10.1. The Balaban J connectivity index is 1.94. The first-order valence-electron chi connectivity index (χ1n) is 6.53. The van der Waals surface area contributed by atoms with Crippen LogP contribution in [0.1, 0.15) is 18.5 Å². The molecule has 2 aromatic rings. The summed E-state index contributed by atoms with van der Waals surface area (Å²) in [6, 6.07) is 10.8. The maximum Gasteiger partial charge on any atom is 0.0725 e. The molecule has 0 radical (unpaired) electrons. The van der Waals surface area contributed by atoms with Crippen LogP contribution < -0.4 is 5.32 Å². The van der Waals surface area contributed by atoms with Crippen molar-refractivity contribution in [2.24, 2.45) is 0 Å². The molecule has 1 aliphatic rings. The number of nitrogens with zero attached hydrogens (tertiary/aromatic N) is 1. The molecule has 18 heavy (non-hydrogen) atoms. The number of rotatable bonds is 2. The van der Waals surface area contributed by atoms with Gasteiger partial charge in [0.25, 0.3) is 0 Å². The standard InChI is InChI=1S/C15H18N2O/c1-11-9-15(17-12-5-4-8-18-10-12)13-6-2-3-7-14(13)16-11/h2-3,6-7,9,12H,4-5,8,10H2,1H3,(H,16,17). The Hall–Kier alpha value is -1.61. The number of para-hydroxylation sites is 1. The van der Waals surface area contributed by atoms with Crippen molar-refractivity contribution in [3.63, 3.8) is 0 Å². The van der Waals surface area contributed by atoms with Crippen molar-refractivity contribution in [3.05, 3.63) is 36.0 Å². The summed E-state index contributed by atoms with van der Waals surface area (Å²) in [6.07, 6.45) is 2.31. The van der Waals surface area contributed by atoms with E-state index in [0.717, 1.165) is 30.8 Å². The Morgan fingerprint density at radius 1 is 1.33 bits per heavy atom. The maximum absolute atomic E-state index is 5.52. The van der Waals surface area contributed by atoms with Crippen molar-refractivity contribution in [2.75, 3.05) is 18.5 Å². The second-order valence-electron chi connectivity index (χ2n) is 4.89. The molecule has 0 aliphatic carbocycles. The summed E-state index contributed by atoms with van der Waals surface area (Å²) in [4.78, 5) is 4.56. The Morgan fingerprint density at radius 3 is 3.06 bits per heavy atom. The van der Waals surface area contributed by atoms with Gasteiger partial charge in [-0.25, -0.2) is 0 Å². The minimum absolute atomic E-state index is 0.420. The first kappa shape index (κ1) is 11.5. The Kier molecular flexibility index (Phi) is 3.15. The van der Waals surface area contributed by atoms with Crippen molar-refractivity contribution >= 4 is 16.6 Å². The molecule has 0 spiro atoms. The molecule has 94 valence electrons. The van der Waals surface area contributed by atoms with E-state index in [1.54, 1.807) is 0 Å². The highest BCUT2D eigenvalue weighted by Gasteiger charge is 2.14. The van der Waals surface area contributed by atoms with Crippen LogP contribution in [0.5, 0.6) is 0 Å². The fraction of sp³-hybridized carbons (Fsp3) is 0.400. The van der Waals surface area contributed by atoms with E-state index in [4.69, 9.17) is 4.74 Å². The van der Waals surface area contributed by atoms with E-state index in [-0.39, 0.29) is 0 Å². The number of nitrogens with one attached hydrogen (secondary N) is 1. The molecule has 0 bridgehead atoms. The minimum Gasteiger partial charge on any atom is -0.379 e. The van der Waals surface area contributed by atoms with Gasteiger partial charge in [0.15, 0.2) is 0 Å². The average molecular weight is 242 g/mol.